The summed E-state index contributed by atoms with van der Waals surface area (Å²) < 4.78 is 0. The molecule has 1 rings (SSSR count). The van der Waals surface area contributed by atoms with E-state index in [2.05, 4.69) is 13.8 Å². The van der Waals surface area contributed by atoms with Crippen LogP contribution in [0.4, 0.5) is 0 Å². The van der Waals surface area contributed by atoms with Crippen LogP contribution >= 0.6 is 0 Å². The maximum atomic E-state index is 10.2. The van der Waals surface area contributed by atoms with Gasteiger partial charge in [0, 0.05) is 5.92 Å². The molecule has 0 aromatic carbocycles. The van der Waals surface area contributed by atoms with Crippen LogP contribution in [0.1, 0.15) is 40.5 Å². The normalized spacial score (nSPS) is 47.5. The highest BCUT2D eigenvalue weighted by Crippen LogP contribution is 2.46. The summed E-state index contributed by atoms with van der Waals surface area (Å²) in [5, 5.41) is 19.8. The summed E-state index contributed by atoms with van der Waals surface area (Å²) in [6.07, 6.45) is 1.36. The van der Waals surface area contributed by atoms with E-state index in [0.717, 1.165) is 12.8 Å². The molecule has 2 N–H and O–H groups in total. The molecule has 1 aliphatic rings. The summed E-state index contributed by atoms with van der Waals surface area (Å²) in [5.41, 5.74) is -0.823. The topological polar surface area (TPSA) is 40.5 Å². The number of rotatable bonds is 0. The Balaban J connectivity index is 2.88. The maximum Gasteiger partial charge on any atom is 0.0720 e. The van der Waals surface area contributed by atoms with Crippen molar-refractivity contribution in [3.05, 3.63) is 0 Å². The van der Waals surface area contributed by atoms with Gasteiger partial charge in [0.2, 0.25) is 0 Å². The monoisotopic (exact) mass is 172 g/mol. The van der Waals surface area contributed by atoms with Crippen molar-refractivity contribution in [1.29, 1.82) is 0 Å². The van der Waals surface area contributed by atoms with Crippen LogP contribution in [0.3, 0.4) is 0 Å². The van der Waals surface area contributed by atoms with Gasteiger partial charge in [-0.3, -0.25) is 0 Å². The molecular formula is C10H20O2. The molecule has 0 bridgehead atoms. The first-order valence-corrected chi connectivity index (χ1v) is 4.69. The van der Waals surface area contributed by atoms with Crippen molar-refractivity contribution in [3.63, 3.8) is 0 Å². The minimum absolute atomic E-state index is 0.0266. The van der Waals surface area contributed by atoms with Crippen molar-refractivity contribution in [3.8, 4) is 0 Å². The highest BCUT2D eigenvalue weighted by Gasteiger charge is 2.49. The van der Waals surface area contributed by atoms with E-state index in [9.17, 15) is 10.2 Å². The molecule has 0 heterocycles. The minimum Gasteiger partial charge on any atom is -0.393 e. The Morgan fingerprint density at radius 2 is 1.75 bits per heavy atom. The van der Waals surface area contributed by atoms with E-state index in [-0.39, 0.29) is 17.4 Å². The molecule has 1 fully saturated rings. The summed E-state index contributed by atoms with van der Waals surface area (Å²) in [6, 6.07) is 0. The zero-order chi connectivity index (χ0) is 9.57. The fourth-order valence-corrected chi connectivity index (χ4v) is 2.00. The van der Waals surface area contributed by atoms with Crippen LogP contribution in [-0.4, -0.2) is 21.9 Å². The van der Waals surface area contributed by atoms with Gasteiger partial charge in [-0.25, -0.2) is 0 Å². The molecular weight excluding hydrogens is 152 g/mol. The highest BCUT2D eigenvalue weighted by molar-refractivity contribution is 4.99. The Labute approximate surface area is 74.6 Å². The van der Waals surface area contributed by atoms with Crippen molar-refractivity contribution in [2.75, 3.05) is 0 Å². The van der Waals surface area contributed by atoms with Crippen LogP contribution in [0.5, 0.6) is 0 Å². The van der Waals surface area contributed by atoms with Gasteiger partial charge in [0.25, 0.3) is 0 Å². The first-order valence-electron chi connectivity index (χ1n) is 4.69. The summed E-state index contributed by atoms with van der Waals surface area (Å²) in [4.78, 5) is 0. The van der Waals surface area contributed by atoms with Gasteiger partial charge in [-0.2, -0.15) is 0 Å². The van der Waals surface area contributed by atoms with E-state index < -0.39 is 5.60 Å². The van der Waals surface area contributed by atoms with Crippen LogP contribution in [0, 0.1) is 11.3 Å². The molecule has 0 unspecified atom stereocenters. The number of hydrogen-bond acceptors (Lipinski definition) is 2. The largest absolute Gasteiger partial charge is 0.393 e. The Morgan fingerprint density at radius 3 is 2.17 bits per heavy atom. The highest BCUT2D eigenvalue weighted by atomic mass is 16.3. The second-order valence-corrected chi connectivity index (χ2v) is 4.93. The van der Waals surface area contributed by atoms with E-state index in [1.807, 2.05) is 13.8 Å². The second-order valence-electron chi connectivity index (χ2n) is 4.93. The summed E-state index contributed by atoms with van der Waals surface area (Å²) in [5.74, 6) is -0.0266. The van der Waals surface area contributed by atoms with Gasteiger partial charge in [0.05, 0.1) is 11.7 Å². The van der Waals surface area contributed by atoms with E-state index in [1.165, 1.54) is 0 Å². The average molecular weight is 172 g/mol. The third-order valence-electron chi connectivity index (χ3n) is 3.90. The lowest BCUT2D eigenvalue weighted by molar-refractivity contribution is -0.158. The average Bonchev–Trinajstić information content (AvgIpc) is 1.96. The molecule has 1 aliphatic carbocycles. The molecule has 0 saturated heterocycles. The molecule has 0 aliphatic heterocycles. The molecule has 0 spiro atoms. The molecule has 0 radical (unpaired) electrons. The fraction of sp³-hybridized carbons (Fsp3) is 1.00. The van der Waals surface area contributed by atoms with E-state index in [0.29, 0.717) is 0 Å². The standard InChI is InChI=1S/C10H20O2/c1-7-8(11)5-6-9(2,3)10(7,4)12/h7-8,11-12H,5-6H2,1-4H3/t7-,8-,10+/m0/s1. The van der Waals surface area contributed by atoms with Crippen molar-refractivity contribution < 1.29 is 10.2 Å². The Kier molecular flexibility index (Phi) is 2.26. The maximum absolute atomic E-state index is 10.2. The molecule has 0 aromatic heterocycles. The molecule has 72 valence electrons. The minimum atomic E-state index is -0.745. The molecule has 1 saturated carbocycles. The van der Waals surface area contributed by atoms with Gasteiger partial charge in [-0.15, -0.1) is 0 Å². The van der Waals surface area contributed by atoms with Crippen molar-refractivity contribution >= 4 is 0 Å². The second kappa shape index (κ2) is 2.71. The van der Waals surface area contributed by atoms with E-state index in [4.69, 9.17) is 0 Å². The predicted molar refractivity (Wildman–Crippen MR) is 48.8 cm³/mol. The Morgan fingerprint density at radius 1 is 1.25 bits per heavy atom. The molecule has 0 aromatic rings. The van der Waals surface area contributed by atoms with Gasteiger partial charge in [-0.05, 0) is 25.2 Å². The lowest BCUT2D eigenvalue weighted by Crippen LogP contribution is -2.54. The van der Waals surface area contributed by atoms with Crippen molar-refractivity contribution in [1.82, 2.24) is 0 Å². The van der Waals surface area contributed by atoms with Gasteiger partial charge in [-0.1, -0.05) is 20.8 Å². The Bertz CT molecular complexity index is 173. The predicted octanol–water partition coefficient (Wildman–Crippen LogP) is 1.55. The molecule has 2 nitrogen and oxygen atoms in total. The van der Waals surface area contributed by atoms with E-state index in [1.54, 1.807) is 0 Å². The Hall–Kier alpha value is -0.0800. The van der Waals surface area contributed by atoms with Crippen LogP contribution in [0.2, 0.25) is 0 Å². The third kappa shape index (κ3) is 1.27. The van der Waals surface area contributed by atoms with Crippen molar-refractivity contribution in [2.24, 2.45) is 11.3 Å². The molecule has 3 atom stereocenters. The third-order valence-corrected chi connectivity index (χ3v) is 3.90. The summed E-state index contributed by atoms with van der Waals surface area (Å²) in [7, 11) is 0. The number of hydrogen-bond donors (Lipinski definition) is 2. The van der Waals surface area contributed by atoms with Gasteiger partial charge >= 0.3 is 0 Å². The lowest BCUT2D eigenvalue weighted by Gasteiger charge is -2.50. The first-order chi connectivity index (χ1) is 5.29. The lowest BCUT2D eigenvalue weighted by atomic mass is 9.61. The zero-order valence-corrected chi connectivity index (χ0v) is 8.46. The molecule has 12 heavy (non-hydrogen) atoms. The van der Waals surface area contributed by atoms with Crippen molar-refractivity contribution in [2.45, 2.75) is 52.2 Å². The smallest absolute Gasteiger partial charge is 0.0720 e. The van der Waals surface area contributed by atoms with Gasteiger partial charge < -0.3 is 10.2 Å². The van der Waals surface area contributed by atoms with E-state index >= 15 is 0 Å². The van der Waals surface area contributed by atoms with Crippen LogP contribution in [0.25, 0.3) is 0 Å². The van der Waals surface area contributed by atoms with Crippen LogP contribution in [0.15, 0.2) is 0 Å². The summed E-state index contributed by atoms with van der Waals surface area (Å²) in [6.45, 7) is 7.89. The molecule has 2 heteroatoms. The van der Waals surface area contributed by atoms with Gasteiger partial charge in [0.1, 0.15) is 0 Å². The summed E-state index contributed by atoms with van der Waals surface area (Å²) >= 11 is 0. The quantitative estimate of drug-likeness (QED) is 0.582. The molecule has 0 amide bonds. The van der Waals surface area contributed by atoms with Crippen LogP contribution in [-0.2, 0) is 0 Å². The first kappa shape index (κ1) is 10.0. The SMILES string of the molecule is C[C@H]1[C@@H](O)CCC(C)(C)[C@]1(C)O. The number of aliphatic hydroxyl groups is 2. The van der Waals surface area contributed by atoms with Gasteiger partial charge in [0.15, 0.2) is 0 Å². The zero-order valence-electron chi connectivity index (χ0n) is 8.46. The van der Waals surface area contributed by atoms with Crippen LogP contribution < -0.4 is 0 Å². The number of aliphatic hydroxyl groups excluding tert-OH is 1. The fourth-order valence-electron chi connectivity index (χ4n) is 2.00.